The Labute approximate surface area is 145 Å². The van der Waals surface area contributed by atoms with Crippen LogP contribution in [-0.2, 0) is 14.3 Å². The van der Waals surface area contributed by atoms with Crippen molar-refractivity contribution in [2.24, 2.45) is 0 Å². The summed E-state index contributed by atoms with van der Waals surface area (Å²) >= 11 is 5.86. The van der Waals surface area contributed by atoms with E-state index in [-0.39, 0.29) is 30.3 Å². The van der Waals surface area contributed by atoms with Crippen molar-refractivity contribution < 1.29 is 14.3 Å². The smallest absolute Gasteiger partial charge is 0.249 e. The molecular formula is C15H19Cl2N3O3. The van der Waals surface area contributed by atoms with Gasteiger partial charge in [0, 0.05) is 23.8 Å². The molecule has 2 heterocycles. The van der Waals surface area contributed by atoms with E-state index in [1.54, 1.807) is 29.2 Å². The van der Waals surface area contributed by atoms with Gasteiger partial charge in [-0.1, -0.05) is 11.6 Å². The molecule has 2 unspecified atom stereocenters. The van der Waals surface area contributed by atoms with E-state index in [4.69, 9.17) is 16.3 Å². The Kier molecular flexibility index (Phi) is 6.24. The van der Waals surface area contributed by atoms with E-state index in [1.807, 2.05) is 0 Å². The molecule has 1 aromatic rings. The first kappa shape index (κ1) is 18.0. The quantitative estimate of drug-likeness (QED) is 0.843. The molecule has 6 nitrogen and oxygen atoms in total. The SMILES string of the molecule is Cl.O=C(NC1CCN(c2ccc(Cl)cc2)C1=O)C1COCCN1. The average molecular weight is 360 g/mol. The van der Waals surface area contributed by atoms with E-state index >= 15 is 0 Å². The second kappa shape index (κ2) is 7.97. The van der Waals surface area contributed by atoms with Crippen molar-refractivity contribution in [1.29, 1.82) is 0 Å². The summed E-state index contributed by atoms with van der Waals surface area (Å²) in [6.45, 7) is 2.18. The van der Waals surface area contributed by atoms with Crippen LogP contribution >= 0.6 is 24.0 Å². The zero-order chi connectivity index (χ0) is 15.5. The number of amides is 2. The molecule has 0 spiro atoms. The summed E-state index contributed by atoms with van der Waals surface area (Å²) < 4.78 is 5.27. The minimum Gasteiger partial charge on any atom is -0.378 e. The molecule has 0 bridgehead atoms. The molecule has 2 saturated heterocycles. The largest absolute Gasteiger partial charge is 0.378 e. The van der Waals surface area contributed by atoms with Crippen molar-refractivity contribution in [3.05, 3.63) is 29.3 Å². The van der Waals surface area contributed by atoms with Gasteiger partial charge in [-0.25, -0.2) is 0 Å². The molecule has 3 rings (SSSR count). The van der Waals surface area contributed by atoms with Gasteiger partial charge in [-0.3, -0.25) is 9.59 Å². The lowest BCUT2D eigenvalue weighted by Gasteiger charge is -2.24. The number of morpholine rings is 1. The summed E-state index contributed by atoms with van der Waals surface area (Å²) in [4.78, 5) is 26.3. The third kappa shape index (κ3) is 4.14. The van der Waals surface area contributed by atoms with Crippen molar-refractivity contribution in [3.63, 3.8) is 0 Å². The van der Waals surface area contributed by atoms with Crippen molar-refractivity contribution in [3.8, 4) is 0 Å². The Hall–Kier alpha value is -1.34. The van der Waals surface area contributed by atoms with E-state index in [1.165, 1.54) is 0 Å². The number of carbonyl (C=O) groups is 2. The van der Waals surface area contributed by atoms with Gasteiger partial charge in [0.05, 0.1) is 13.2 Å². The van der Waals surface area contributed by atoms with E-state index in [0.29, 0.717) is 37.7 Å². The standard InChI is InChI=1S/C15H18ClN3O3.ClH/c16-10-1-3-11(4-2-10)19-7-5-12(15(19)21)18-14(20)13-9-22-8-6-17-13;/h1-4,12-13,17H,5-9H2,(H,18,20);1H. The van der Waals surface area contributed by atoms with Crippen molar-refractivity contribution >= 4 is 41.5 Å². The Balaban J connectivity index is 0.00000192. The van der Waals surface area contributed by atoms with Crippen LogP contribution in [0.2, 0.25) is 5.02 Å². The van der Waals surface area contributed by atoms with Crippen LogP contribution in [0.15, 0.2) is 24.3 Å². The fraction of sp³-hybridized carbons (Fsp3) is 0.467. The van der Waals surface area contributed by atoms with Crippen molar-refractivity contribution in [2.75, 3.05) is 31.2 Å². The van der Waals surface area contributed by atoms with E-state index in [9.17, 15) is 9.59 Å². The number of halogens is 2. The molecule has 0 saturated carbocycles. The summed E-state index contributed by atoms with van der Waals surface area (Å²) in [5, 5.41) is 6.52. The van der Waals surface area contributed by atoms with Gasteiger partial charge >= 0.3 is 0 Å². The number of anilines is 1. The summed E-state index contributed by atoms with van der Waals surface area (Å²) in [5.41, 5.74) is 0.797. The zero-order valence-electron chi connectivity index (χ0n) is 12.5. The first-order valence-electron chi connectivity index (χ1n) is 7.33. The number of rotatable bonds is 3. The Morgan fingerprint density at radius 3 is 2.74 bits per heavy atom. The third-order valence-electron chi connectivity index (χ3n) is 3.90. The Morgan fingerprint density at radius 2 is 2.09 bits per heavy atom. The van der Waals surface area contributed by atoms with Gasteiger partial charge in [0.2, 0.25) is 11.8 Å². The van der Waals surface area contributed by atoms with Crippen LogP contribution in [0.3, 0.4) is 0 Å². The lowest BCUT2D eigenvalue weighted by Crippen LogP contribution is -2.54. The number of nitrogens with one attached hydrogen (secondary N) is 2. The summed E-state index contributed by atoms with van der Waals surface area (Å²) in [5.74, 6) is -0.275. The molecule has 2 N–H and O–H groups in total. The van der Waals surface area contributed by atoms with Gasteiger partial charge < -0.3 is 20.3 Å². The van der Waals surface area contributed by atoms with Gasteiger partial charge in [-0.15, -0.1) is 12.4 Å². The van der Waals surface area contributed by atoms with Crippen LogP contribution < -0.4 is 15.5 Å². The van der Waals surface area contributed by atoms with Gasteiger partial charge in [-0.2, -0.15) is 0 Å². The lowest BCUT2D eigenvalue weighted by atomic mass is 10.2. The topological polar surface area (TPSA) is 70.7 Å². The highest BCUT2D eigenvalue weighted by atomic mass is 35.5. The maximum absolute atomic E-state index is 12.4. The number of ether oxygens (including phenoxy) is 1. The average Bonchev–Trinajstić information content (AvgIpc) is 2.90. The van der Waals surface area contributed by atoms with E-state index < -0.39 is 6.04 Å². The second-order valence-corrected chi connectivity index (χ2v) is 5.83. The first-order valence-corrected chi connectivity index (χ1v) is 7.71. The minimum absolute atomic E-state index is 0. The molecule has 0 aromatic heterocycles. The van der Waals surface area contributed by atoms with Crippen LogP contribution in [0.25, 0.3) is 0 Å². The third-order valence-corrected chi connectivity index (χ3v) is 4.15. The molecule has 2 aliphatic rings. The van der Waals surface area contributed by atoms with Crippen LogP contribution in [0.5, 0.6) is 0 Å². The maximum Gasteiger partial charge on any atom is 0.249 e. The van der Waals surface area contributed by atoms with E-state index in [0.717, 1.165) is 5.69 Å². The molecule has 23 heavy (non-hydrogen) atoms. The molecule has 2 amide bonds. The number of hydrogen-bond donors (Lipinski definition) is 2. The fourth-order valence-electron chi connectivity index (χ4n) is 2.70. The molecule has 8 heteroatoms. The Morgan fingerprint density at radius 1 is 1.35 bits per heavy atom. The molecule has 0 aliphatic carbocycles. The lowest BCUT2D eigenvalue weighted by molar-refractivity contribution is -0.129. The zero-order valence-corrected chi connectivity index (χ0v) is 14.0. The normalized spacial score (nSPS) is 24.2. The second-order valence-electron chi connectivity index (χ2n) is 5.40. The highest BCUT2D eigenvalue weighted by Gasteiger charge is 2.35. The van der Waals surface area contributed by atoms with Crippen LogP contribution in [0.4, 0.5) is 5.69 Å². The fourth-order valence-corrected chi connectivity index (χ4v) is 2.82. The molecule has 2 fully saturated rings. The van der Waals surface area contributed by atoms with Crippen LogP contribution in [0, 0.1) is 0 Å². The summed E-state index contributed by atoms with van der Waals surface area (Å²) in [7, 11) is 0. The number of carbonyl (C=O) groups excluding carboxylic acids is 2. The summed E-state index contributed by atoms with van der Waals surface area (Å²) in [6.07, 6.45) is 0.598. The van der Waals surface area contributed by atoms with Crippen LogP contribution in [-0.4, -0.2) is 50.2 Å². The van der Waals surface area contributed by atoms with Crippen molar-refractivity contribution in [1.82, 2.24) is 10.6 Å². The number of hydrogen-bond acceptors (Lipinski definition) is 4. The van der Waals surface area contributed by atoms with Gasteiger partial charge in [0.1, 0.15) is 12.1 Å². The molecule has 2 aliphatic heterocycles. The van der Waals surface area contributed by atoms with Crippen molar-refractivity contribution in [2.45, 2.75) is 18.5 Å². The molecule has 0 radical (unpaired) electrons. The predicted molar refractivity (Wildman–Crippen MR) is 90.2 cm³/mol. The first-order chi connectivity index (χ1) is 10.6. The van der Waals surface area contributed by atoms with Crippen LogP contribution in [0.1, 0.15) is 6.42 Å². The molecule has 1 aromatic carbocycles. The highest BCUT2D eigenvalue weighted by Crippen LogP contribution is 2.23. The molecule has 2 atom stereocenters. The summed E-state index contributed by atoms with van der Waals surface area (Å²) in [6, 6.07) is 6.25. The highest BCUT2D eigenvalue weighted by molar-refractivity contribution is 6.30. The van der Waals surface area contributed by atoms with Gasteiger partial charge in [-0.05, 0) is 30.7 Å². The van der Waals surface area contributed by atoms with Gasteiger partial charge in [0.25, 0.3) is 0 Å². The maximum atomic E-state index is 12.4. The minimum atomic E-state index is -0.480. The molecular weight excluding hydrogens is 341 g/mol. The number of benzene rings is 1. The Bertz CT molecular complexity index is 562. The number of nitrogens with zero attached hydrogens (tertiary/aromatic N) is 1. The predicted octanol–water partition coefficient (Wildman–Crippen LogP) is 0.972. The van der Waals surface area contributed by atoms with Gasteiger partial charge in [0.15, 0.2) is 0 Å². The molecule has 126 valence electrons. The van der Waals surface area contributed by atoms with E-state index in [2.05, 4.69) is 10.6 Å². The monoisotopic (exact) mass is 359 g/mol.